The predicted octanol–water partition coefficient (Wildman–Crippen LogP) is 6.10. The summed E-state index contributed by atoms with van der Waals surface area (Å²) in [6.07, 6.45) is 0.734. The molecule has 4 nitrogen and oxygen atoms in total. The third-order valence-electron chi connectivity index (χ3n) is 4.47. The molecule has 0 unspecified atom stereocenters. The van der Waals surface area contributed by atoms with Crippen LogP contribution in [0.2, 0.25) is 0 Å². The first-order chi connectivity index (χ1) is 13.8. The van der Waals surface area contributed by atoms with Crippen LogP contribution < -0.4 is 0 Å². The number of imidazole rings is 1. The van der Waals surface area contributed by atoms with Gasteiger partial charge in [-0.1, -0.05) is 39.5 Å². The maximum atomic E-state index is 13.0. The first-order valence-corrected chi connectivity index (χ1v) is 11.1. The van der Waals surface area contributed by atoms with Crippen LogP contribution in [0.1, 0.15) is 46.4 Å². The van der Waals surface area contributed by atoms with Crippen LogP contribution in [-0.2, 0) is 21.8 Å². The lowest BCUT2D eigenvalue weighted by Gasteiger charge is -2.20. The van der Waals surface area contributed by atoms with Crippen LogP contribution in [0, 0.1) is 0 Å². The van der Waals surface area contributed by atoms with Gasteiger partial charge in [-0.3, -0.25) is 0 Å². The SMILES string of the molecule is C=C/C=C(\C=C/C)S(=O)(=O)c1ccc2c(c1)nc(C(C)(C)C)n2CCCC(F)(F)F. The second-order valence-electron chi connectivity index (χ2n) is 8.01. The number of rotatable bonds is 7. The Morgan fingerprint density at radius 3 is 2.43 bits per heavy atom. The molecule has 2 aromatic rings. The van der Waals surface area contributed by atoms with E-state index < -0.39 is 27.8 Å². The molecule has 0 N–H and O–H groups in total. The summed E-state index contributed by atoms with van der Waals surface area (Å²) in [4.78, 5) is 4.75. The molecule has 0 fully saturated rings. The smallest absolute Gasteiger partial charge is 0.328 e. The van der Waals surface area contributed by atoms with E-state index in [1.54, 1.807) is 23.6 Å². The Hall–Kier alpha value is -2.35. The number of aryl methyl sites for hydroxylation is 1. The second kappa shape index (κ2) is 8.79. The van der Waals surface area contributed by atoms with Gasteiger partial charge in [-0.2, -0.15) is 13.2 Å². The average molecular weight is 441 g/mol. The molecular weight excluding hydrogens is 413 g/mol. The van der Waals surface area contributed by atoms with Gasteiger partial charge in [0, 0.05) is 18.4 Å². The highest BCUT2D eigenvalue weighted by atomic mass is 32.2. The van der Waals surface area contributed by atoms with Crippen molar-refractivity contribution >= 4 is 20.9 Å². The number of alkyl halides is 3. The number of aromatic nitrogens is 2. The zero-order chi connectivity index (χ0) is 22.7. The molecule has 30 heavy (non-hydrogen) atoms. The minimum Gasteiger partial charge on any atom is -0.328 e. The van der Waals surface area contributed by atoms with Crippen LogP contribution in [0.5, 0.6) is 0 Å². The first kappa shape index (κ1) is 23.9. The fraction of sp³-hybridized carbons (Fsp3) is 0.409. The van der Waals surface area contributed by atoms with Crippen LogP contribution >= 0.6 is 0 Å². The third-order valence-corrected chi connectivity index (χ3v) is 6.23. The summed E-state index contributed by atoms with van der Waals surface area (Å²) in [5.41, 5.74) is 0.627. The molecule has 0 aliphatic carbocycles. The number of sulfone groups is 1. The summed E-state index contributed by atoms with van der Waals surface area (Å²) in [6, 6.07) is 4.55. The van der Waals surface area contributed by atoms with E-state index in [0.717, 1.165) is 0 Å². The van der Waals surface area contributed by atoms with E-state index in [2.05, 4.69) is 11.6 Å². The molecule has 0 radical (unpaired) electrons. The lowest BCUT2D eigenvalue weighted by molar-refractivity contribution is -0.135. The van der Waals surface area contributed by atoms with Gasteiger partial charge in [0.15, 0.2) is 0 Å². The van der Waals surface area contributed by atoms with E-state index in [0.29, 0.717) is 16.9 Å². The fourth-order valence-corrected chi connectivity index (χ4v) is 4.54. The van der Waals surface area contributed by atoms with Crippen molar-refractivity contribution in [2.45, 2.75) is 63.6 Å². The molecule has 0 saturated carbocycles. The van der Waals surface area contributed by atoms with Crippen molar-refractivity contribution in [1.82, 2.24) is 9.55 Å². The molecule has 1 heterocycles. The maximum Gasteiger partial charge on any atom is 0.389 e. The van der Waals surface area contributed by atoms with E-state index >= 15 is 0 Å². The van der Waals surface area contributed by atoms with Gasteiger partial charge >= 0.3 is 6.18 Å². The number of benzene rings is 1. The van der Waals surface area contributed by atoms with Crippen molar-refractivity contribution in [3.63, 3.8) is 0 Å². The standard InChI is InChI=1S/C22H27F3N2O2S/c1-6-9-16(10-7-2)30(28,29)17-11-12-19-18(15-17)26-20(21(3,4)5)27(19)14-8-13-22(23,24)25/h6-7,9-12,15H,1,8,13-14H2,2-5H3/b10-7-,16-9+. The minimum atomic E-state index is -4.22. The Morgan fingerprint density at radius 2 is 1.90 bits per heavy atom. The monoisotopic (exact) mass is 440 g/mol. The molecule has 1 aromatic carbocycles. The summed E-state index contributed by atoms with van der Waals surface area (Å²) in [5.74, 6) is 0.615. The highest BCUT2D eigenvalue weighted by Crippen LogP contribution is 2.31. The molecule has 164 valence electrons. The molecule has 0 aliphatic heterocycles. The largest absolute Gasteiger partial charge is 0.389 e. The minimum absolute atomic E-state index is 0.0709. The zero-order valence-corrected chi connectivity index (χ0v) is 18.4. The molecule has 8 heteroatoms. The molecule has 0 saturated heterocycles. The highest BCUT2D eigenvalue weighted by Gasteiger charge is 2.28. The van der Waals surface area contributed by atoms with E-state index in [1.807, 2.05) is 20.8 Å². The van der Waals surface area contributed by atoms with Crippen molar-refractivity contribution < 1.29 is 21.6 Å². The summed E-state index contributed by atoms with van der Waals surface area (Å²) in [5, 5.41) is 0. The van der Waals surface area contributed by atoms with Gasteiger partial charge in [-0.15, -0.1) is 0 Å². The maximum absolute atomic E-state index is 13.0. The summed E-state index contributed by atoms with van der Waals surface area (Å²) >= 11 is 0. The highest BCUT2D eigenvalue weighted by molar-refractivity contribution is 7.95. The van der Waals surface area contributed by atoms with Gasteiger partial charge < -0.3 is 4.57 Å². The Labute approximate surface area is 175 Å². The number of nitrogens with zero attached hydrogens (tertiary/aromatic N) is 2. The molecule has 0 bridgehead atoms. The van der Waals surface area contributed by atoms with Crippen LogP contribution in [-0.4, -0.2) is 24.1 Å². The lowest BCUT2D eigenvalue weighted by atomic mass is 9.95. The van der Waals surface area contributed by atoms with Crippen LogP contribution in [0.15, 0.2) is 58.9 Å². The van der Waals surface area contributed by atoms with Crippen molar-refractivity contribution in [2.24, 2.45) is 0 Å². The molecule has 0 aliphatic rings. The molecular formula is C22H27F3N2O2S. The van der Waals surface area contributed by atoms with E-state index in [1.165, 1.54) is 30.4 Å². The van der Waals surface area contributed by atoms with E-state index in [4.69, 9.17) is 0 Å². The first-order valence-electron chi connectivity index (χ1n) is 9.59. The van der Waals surface area contributed by atoms with Crippen molar-refractivity contribution in [2.75, 3.05) is 0 Å². The molecule has 0 spiro atoms. The molecule has 0 atom stereocenters. The lowest BCUT2D eigenvalue weighted by Crippen LogP contribution is -2.20. The van der Waals surface area contributed by atoms with E-state index in [-0.39, 0.29) is 22.8 Å². The Balaban J connectivity index is 2.58. The predicted molar refractivity (Wildman–Crippen MR) is 114 cm³/mol. The van der Waals surface area contributed by atoms with Gasteiger partial charge in [-0.25, -0.2) is 13.4 Å². The summed E-state index contributed by atoms with van der Waals surface area (Å²) in [7, 11) is -3.79. The van der Waals surface area contributed by atoms with Crippen molar-refractivity contribution in [3.8, 4) is 0 Å². The quantitative estimate of drug-likeness (QED) is 0.489. The number of halogens is 3. The normalized spacial score (nSPS) is 14.0. The number of hydrogen-bond acceptors (Lipinski definition) is 3. The third kappa shape index (κ3) is 5.41. The van der Waals surface area contributed by atoms with Gasteiger partial charge in [0.1, 0.15) is 5.82 Å². The average Bonchev–Trinajstić information content (AvgIpc) is 2.99. The Morgan fingerprint density at radius 1 is 1.23 bits per heavy atom. The molecule has 1 aromatic heterocycles. The van der Waals surface area contributed by atoms with Crippen LogP contribution in [0.4, 0.5) is 13.2 Å². The van der Waals surface area contributed by atoms with Crippen molar-refractivity contribution in [1.29, 1.82) is 0 Å². The topological polar surface area (TPSA) is 52.0 Å². The van der Waals surface area contributed by atoms with Gasteiger partial charge in [0.05, 0.1) is 20.8 Å². The zero-order valence-electron chi connectivity index (χ0n) is 17.6. The van der Waals surface area contributed by atoms with E-state index in [9.17, 15) is 21.6 Å². The fourth-order valence-electron chi connectivity index (χ4n) is 3.16. The number of fused-ring (bicyclic) bond motifs is 1. The van der Waals surface area contributed by atoms with Gasteiger partial charge in [-0.05, 0) is 43.7 Å². The van der Waals surface area contributed by atoms with Gasteiger partial charge in [0.25, 0.3) is 0 Å². The summed E-state index contributed by atoms with van der Waals surface area (Å²) in [6.45, 7) is 11.2. The second-order valence-corrected chi connectivity index (χ2v) is 9.96. The van der Waals surface area contributed by atoms with Gasteiger partial charge in [0.2, 0.25) is 9.84 Å². The number of hydrogen-bond donors (Lipinski definition) is 0. The Bertz CT molecular complexity index is 1090. The van der Waals surface area contributed by atoms with Crippen molar-refractivity contribution in [3.05, 3.63) is 59.8 Å². The number of allylic oxidation sites excluding steroid dienone is 4. The van der Waals surface area contributed by atoms with Crippen LogP contribution in [0.25, 0.3) is 11.0 Å². The Kier molecular flexibility index (Phi) is 7.01. The van der Waals surface area contributed by atoms with Crippen LogP contribution in [0.3, 0.4) is 0 Å². The molecule has 2 rings (SSSR count). The molecule has 0 amide bonds. The summed E-state index contributed by atoms with van der Waals surface area (Å²) < 4.78 is 65.6.